The van der Waals surface area contributed by atoms with Crippen LogP contribution in [0.5, 0.6) is 0 Å². The number of hydrogen-bond donors (Lipinski definition) is 0. The largest absolute Gasteiger partial charge is 0.256 e. The van der Waals surface area contributed by atoms with Crippen molar-refractivity contribution in [3.8, 4) is 22.4 Å². The van der Waals surface area contributed by atoms with E-state index in [1.165, 1.54) is 22.3 Å². The molecule has 0 amide bonds. The molecule has 138 valence electrons. The summed E-state index contributed by atoms with van der Waals surface area (Å²) < 4.78 is 0. The van der Waals surface area contributed by atoms with Crippen LogP contribution in [0.3, 0.4) is 0 Å². The number of aromatic nitrogens is 1. The van der Waals surface area contributed by atoms with Crippen molar-refractivity contribution in [2.75, 3.05) is 0 Å². The monoisotopic (exact) mass is 355 g/mol. The smallest absolute Gasteiger partial charge is 0.0702 e. The Bertz CT molecular complexity index is 976. The second kappa shape index (κ2) is 5.79. The van der Waals surface area contributed by atoms with Gasteiger partial charge in [0, 0.05) is 17.3 Å². The summed E-state index contributed by atoms with van der Waals surface area (Å²) in [7, 11) is 0. The molecule has 0 aliphatic heterocycles. The van der Waals surface area contributed by atoms with E-state index in [-0.39, 0.29) is 16.2 Å². The van der Waals surface area contributed by atoms with Gasteiger partial charge in [-0.25, -0.2) is 0 Å². The van der Waals surface area contributed by atoms with Crippen LogP contribution >= 0.6 is 0 Å². The van der Waals surface area contributed by atoms with Crippen molar-refractivity contribution in [2.24, 2.45) is 5.41 Å². The van der Waals surface area contributed by atoms with Gasteiger partial charge >= 0.3 is 0 Å². The minimum atomic E-state index is 0.117. The summed E-state index contributed by atoms with van der Waals surface area (Å²) in [5.74, 6) is 0. The molecule has 27 heavy (non-hydrogen) atoms. The molecule has 1 nitrogen and oxygen atoms in total. The predicted octanol–water partition coefficient (Wildman–Crippen LogP) is 7.01. The van der Waals surface area contributed by atoms with Crippen molar-refractivity contribution in [3.63, 3.8) is 0 Å². The zero-order valence-corrected chi connectivity index (χ0v) is 17.3. The Morgan fingerprint density at radius 1 is 0.593 bits per heavy atom. The highest BCUT2D eigenvalue weighted by molar-refractivity contribution is 5.68. The van der Waals surface area contributed by atoms with Crippen molar-refractivity contribution in [3.05, 3.63) is 78.0 Å². The number of nitrogens with zero attached hydrogens (tertiary/aromatic N) is 1. The standard InChI is InChI=1S/C26H29N/c1-24(2)21-14-12-19(16-22(21)25(3,4)26(24,5)6)23-15-13-20(17-27-23)18-10-8-7-9-11-18/h7-17H,1-6H3. The van der Waals surface area contributed by atoms with E-state index in [4.69, 9.17) is 4.98 Å². The van der Waals surface area contributed by atoms with Gasteiger partial charge in [-0.2, -0.15) is 0 Å². The third-order valence-electron chi connectivity index (χ3n) is 7.66. The van der Waals surface area contributed by atoms with Gasteiger partial charge in [0.15, 0.2) is 0 Å². The highest BCUT2D eigenvalue weighted by Crippen LogP contribution is 2.61. The van der Waals surface area contributed by atoms with Gasteiger partial charge < -0.3 is 0 Å². The van der Waals surface area contributed by atoms with E-state index in [0.29, 0.717) is 0 Å². The molecule has 4 rings (SSSR count). The van der Waals surface area contributed by atoms with Gasteiger partial charge in [-0.1, -0.05) is 90.1 Å². The van der Waals surface area contributed by atoms with Crippen LogP contribution in [0.1, 0.15) is 52.7 Å². The topological polar surface area (TPSA) is 12.9 Å². The molecule has 0 radical (unpaired) electrons. The van der Waals surface area contributed by atoms with Crippen molar-refractivity contribution < 1.29 is 0 Å². The maximum absolute atomic E-state index is 4.77. The number of hydrogen-bond acceptors (Lipinski definition) is 1. The van der Waals surface area contributed by atoms with Crippen LogP contribution in [-0.4, -0.2) is 4.98 Å². The summed E-state index contributed by atoms with van der Waals surface area (Å²) in [6, 6.07) is 21.7. The van der Waals surface area contributed by atoms with E-state index in [9.17, 15) is 0 Å². The molecule has 3 aromatic rings. The minimum absolute atomic E-state index is 0.117. The Morgan fingerprint density at radius 3 is 1.85 bits per heavy atom. The molecule has 0 spiro atoms. The van der Waals surface area contributed by atoms with E-state index in [1.54, 1.807) is 0 Å². The normalized spacial score (nSPS) is 18.9. The fourth-order valence-electron chi connectivity index (χ4n) is 4.59. The van der Waals surface area contributed by atoms with E-state index >= 15 is 0 Å². The van der Waals surface area contributed by atoms with Crippen molar-refractivity contribution in [1.82, 2.24) is 4.98 Å². The van der Waals surface area contributed by atoms with Crippen LogP contribution in [0.4, 0.5) is 0 Å². The van der Waals surface area contributed by atoms with Gasteiger partial charge in [-0.15, -0.1) is 0 Å². The fraction of sp³-hybridized carbons (Fsp3) is 0.346. The van der Waals surface area contributed by atoms with Crippen LogP contribution in [-0.2, 0) is 10.8 Å². The Labute approximate surface area is 163 Å². The summed E-state index contributed by atoms with van der Waals surface area (Å²) in [5, 5.41) is 0. The van der Waals surface area contributed by atoms with Crippen LogP contribution in [0.2, 0.25) is 0 Å². The van der Waals surface area contributed by atoms with Crippen molar-refractivity contribution in [2.45, 2.75) is 52.4 Å². The fourth-order valence-corrected chi connectivity index (χ4v) is 4.59. The van der Waals surface area contributed by atoms with E-state index in [0.717, 1.165) is 11.3 Å². The summed E-state index contributed by atoms with van der Waals surface area (Å²) in [5.41, 5.74) is 7.99. The van der Waals surface area contributed by atoms with Gasteiger partial charge in [0.05, 0.1) is 5.69 Å². The molecule has 1 aliphatic rings. The van der Waals surface area contributed by atoms with Crippen LogP contribution in [0.25, 0.3) is 22.4 Å². The van der Waals surface area contributed by atoms with Crippen molar-refractivity contribution in [1.29, 1.82) is 0 Å². The first-order chi connectivity index (χ1) is 12.7. The molecule has 0 saturated heterocycles. The minimum Gasteiger partial charge on any atom is -0.256 e. The summed E-state index contributed by atoms with van der Waals surface area (Å²) >= 11 is 0. The van der Waals surface area contributed by atoms with Crippen LogP contribution in [0, 0.1) is 5.41 Å². The van der Waals surface area contributed by atoms with Crippen LogP contribution < -0.4 is 0 Å². The van der Waals surface area contributed by atoms with E-state index < -0.39 is 0 Å². The summed E-state index contributed by atoms with van der Waals surface area (Å²) in [6.07, 6.45) is 1.98. The Hall–Kier alpha value is -2.41. The molecule has 0 saturated carbocycles. The highest BCUT2D eigenvalue weighted by Gasteiger charge is 2.56. The highest BCUT2D eigenvalue weighted by atomic mass is 14.7. The Kier molecular flexibility index (Phi) is 3.86. The number of rotatable bonds is 2. The zero-order valence-electron chi connectivity index (χ0n) is 17.3. The second-order valence-corrected chi connectivity index (χ2v) is 9.43. The first-order valence-electron chi connectivity index (χ1n) is 9.83. The molecule has 1 heteroatoms. The first kappa shape index (κ1) is 18.0. The van der Waals surface area contributed by atoms with Gasteiger partial charge in [-0.3, -0.25) is 4.98 Å². The number of benzene rings is 2. The molecule has 1 aliphatic carbocycles. The van der Waals surface area contributed by atoms with E-state index in [1.807, 2.05) is 12.3 Å². The molecule has 0 atom stereocenters. The molecule has 2 aromatic carbocycles. The maximum Gasteiger partial charge on any atom is 0.0702 e. The second-order valence-electron chi connectivity index (χ2n) is 9.43. The van der Waals surface area contributed by atoms with Crippen molar-refractivity contribution >= 4 is 0 Å². The van der Waals surface area contributed by atoms with Gasteiger partial charge in [-0.05, 0) is 45.1 Å². The average Bonchev–Trinajstić information content (AvgIpc) is 2.77. The molecule has 0 fully saturated rings. The molecule has 0 unspecified atom stereocenters. The van der Waals surface area contributed by atoms with E-state index in [2.05, 4.69) is 96.1 Å². The lowest BCUT2D eigenvalue weighted by atomic mass is 9.59. The Morgan fingerprint density at radius 2 is 1.22 bits per heavy atom. The molecule has 1 aromatic heterocycles. The maximum atomic E-state index is 4.77. The zero-order chi connectivity index (χ0) is 19.4. The van der Waals surface area contributed by atoms with Gasteiger partial charge in [0.2, 0.25) is 0 Å². The molecular formula is C26H29N. The molecule has 0 N–H and O–H groups in total. The number of pyridine rings is 1. The third-order valence-corrected chi connectivity index (χ3v) is 7.66. The van der Waals surface area contributed by atoms with Crippen LogP contribution in [0.15, 0.2) is 66.9 Å². The SMILES string of the molecule is CC1(C)c2ccc(-c3ccc(-c4ccccc4)cn3)cc2C(C)(C)C1(C)C. The lowest BCUT2D eigenvalue weighted by molar-refractivity contribution is 0.125. The molecular weight excluding hydrogens is 326 g/mol. The summed E-state index contributed by atoms with van der Waals surface area (Å²) in [4.78, 5) is 4.77. The third kappa shape index (κ3) is 2.48. The molecule has 0 bridgehead atoms. The van der Waals surface area contributed by atoms with Gasteiger partial charge in [0.1, 0.15) is 0 Å². The molecule has 1 heterocycles. The lowest BCUT2D eigenvalue weighted by Gasteiger charge is -2.44. The lowest BCUT2D eigenvalue weighted by Crippen LogP contribution is -2.42. The quantitative estimate of drug-likeness (QED) is 0.482. The average molecular weight is 356 g/mol. The van der Waals surface area contributed by atoms with Gasteiger partial charge in [0.25, 0.3) is 0 Å². The Balaban J connectivity index is 1.76. The summed E-state index contributed by atoms with van der Waals surface area (Å²) in [6.45, 7) is 14.3. The number of fused-ring (bicyclic) bond motifs is 1. The first-order valence-corrected chi connectivity index (χ1v) is 9.83. The predicted molar refractivity (Wildman–Crippen MR) is 115 cm³/mol.